The minimum absolute atomic E-state index is 0.208. The number of imidazole rings is 1. The predicted molar refractivity (Wildman–Crippen MR) is 141 cm³/mol. The van der Waals surface area contributed by atoms with Crippen LogP contribution in [-0.4, -0.2) is 68.3 Å². The van der Waals surface area contributed by atoms with E-state index in [1.807, 2.05) is 25.1 Å². The fourth-order valence-electron chi connectivity index (χ4n) is 5.71. The maximum absolute atomic E-state index is 12.4. The van der Waals surface area contributed by atoms with Gasteiger partial charge in [-0.1, -0.05) is 26.7 Å². The Balaban J connectivity index is 1.31. The van der Waals surface area contributed by atoms with Crippen molar-refractivity contribution in [1.82, 2.24) is 24.4 Å². The lowest BCUT2D eigenvalue weighted by Crippen LogP contribution is -2.43. The Hall–Kier alpha value is -2.62. The molecule has 0 unspecified atom stereocenters. The van der Waals surface area contributed by atoms with Crippen molar-refractivity contribution in [3.8, 4) is 0 Å². The lowest BCUT2D eigenvalue weighted by molar-refractivity contribution is 0.0845. The molecule has 36 heavy (non-hydrogen) atoms. The highest BCUT2D eigenvalue weighted by atomic mass is 16.6. The Bertz CT molecular complexity index is 1020. The summed E-state index contributed by atoms with van der Waals surface area (Å²) < 4.78 is 7.67. The molecule has 0 bridgehead atoms. The number of carbonyl (C=O) groups excluding carboxylic acids is 1. The lowest BCUT2D eigenvalue weighted by atomic mass is 9.92. The fourth-order valence-corrected chi connectivity index (χ4v) is 5.71. The molecule has 3 fully saturated rings. The SMILES string of the molecule is CC(C)COC(=O)N1CCC(Nc2nc(N[C@H]3CC[C@H](N)CC3)nc3c2ncn3C2CCCC2)CC1. The third-order valence-electron chi connectivity index (χ3n) is 7.88. The van der Waals surface area contributed by atoms with Crippen LogP contribution in [0.3, 0.4) is 0 Å². The second kappa shape index (κ2) is 11.2. The van der Waals surface area contributed by atoms with Crippen LogP contribution < -0.4 is 16.4 Å². The van der Waals surface area contributed by atoms with Gasteiger partial charge in [-0.15, -0.1) is 0 Å². The summed E-state index contributed by atoms with van der Waals surface area (Å²) in [5, 5.41) is 7.25. The van der Waals surface area contributed by atoms with Gasteiger partial charge in [-0.05, 0) is 57.3 Å². The van der Waals surface area contributed by atoms with Gasteiger partial charge in [0.05, 0.1) is 12.9 Å². The van der Waals surface area contributed by atoms with E-state index in [0.717, 1.165) is 55.5 Å². The van der Waals surface area contributed by atoms with Crippen LogP contribution in [0.25, 0.3) is 11.2 Å². The van der Waals surface area contributed by atoms with Crippen LogP contribution in [0, 0.1) is 5.92 Å². The zero-order chi connectivity index (χ0) is 25.1. The topological polar surface area (TPSA) is 123 Å². The van der Waals surface area contributed by atoms with Crippen molar-refractivity contribution in [2.75, 3.05) is 30.3 Å². The number of amides is 1. The molecule has 1 amide bonds. The summed E-state index contributed by atoms with van der Waals surface area (Å²) in [6.07, 6.45) is 12.4. The van der Waals surface area contributed by atoms with Gasteiger partial charge in [0, 0.05) is 37.3 Å². The van der Waals surface area contributed by atoms with Crippen LogP contribution in [0.1, 0.15) is 84.1 Å². The molecule has 198 valence electrons. The molecule has 0 radical (unpaired) electrons. The van der Waals surface area contributed by atoms with Crippen LogP contribution in [0.2, 0.25) is 0 Å². The Morgan fingerprint density at radius 1 is 1.03 bits per heavy atom. The van der Waals surface area contributed by atoms with Gasteiger partial charge < -0.3 is 30.6 Å². The smallest absolute Gasteiger partial charge is 0.409 e. The number of likely N-dealkylation sites (tertiary alicyclic amines) is 1. The molecular weight excluding hydrogens is 456 g/mol. The average molecular weight is 499 g/mol. The van der Waals surface area contributed by atoms with Gasteiger partial charge in [-0.3, -0.25) is 0 Å². The molecule has 4 N–H and O–H groups in total. The molecule has 3 aliphatic rings. The normalized spacial score (nSPS) is 23.9. The first kappa shape index (κ1) is 25.0. The number of nitrogens with one attached hydrogen (secondary N) is 2. The molecule has 10 heteroatoms. The van der Waals surface area contributed by atoms with E-state index >= 15 is 0 Å². The second-order valence-corrected chi connectivity index (χ2v) is 11.3. The maximum atomic E-state index is 12.4. The van der Waals surface area contributed by atoms with E-state index < -0.39 is 0 Å². The van der Waals surface area contributed by atoms with E-state index in [0.29, 0.717) is 49.7 Å². The molecule has 0 spiro atoms. The van der Waals surface area contributed by atoms with Gasteiger partial charge in [0.15, 0.2) is 17.0 Å². The molecule has 1 aliphatic heterocycles. The van der Waals surface area contributed by atoms with Gasteiger partial charge in [0.2, 0.25) is 5.95 Å². The maximum Gasteiger partial charge on any atom is 0.409 e. The summed E-state index contributed by atoms with van der Waals surface area (Å²) in [6, 6.07) is 1.33. The van der Waals surface area contributed by atoms with Crippen molar-refractivity contribution < 1.29 is 9.53 Å². The first-order valence-corrected chi connectivity index (χ1v) is 13.9. The van der Waals surface area contributed by atoms with Gasteiger partial charge in [0.1, 0.15) is 0 Å². The van der Waals surface area contributed by atoms with Crippen LogP contribution in [0.5, 0.6) is 0 Å². The number of aromatic nitrogens is 4. The summed E-state index contributed by atoms with van der Waals surface area (Å²) in [5.74, 6) is 1.79. The Labute approximate surface area is 213 Å². The number of fused-ring (bicyclic) bond motifs is 1. The molecule has 2 aliphatic carbocycles. The minimum atomic E-state index is -0.208. The zero-order valence-electron chi connectivity index (χ0n) is 21.8. The average Bonchev–Trinajstić information content (AvgIpc) is 3.54. The van der Waals surface area contributed by atoms with Crippen LogP contribution in [0.15, 0.2) is 6.33 Å². The zero-order valence-corrected chi connectivity index (χ0v) is 21.8. The largest absolute Gasteiger partial charge is 0.449 e. The van der Waals surface area contributed by atoms with E-state index in [1.54, 1.807) is 0 Å². The van der Waals surface area contributed by atoms with Crippen molar-refractivity contribution in [2.45, 2.75) is 102 Å². The van der Waals surface area contributed by atoms with E-state index in [1.165, 1.54) is 25.7 Å². The first-order chi connectivity index (χ1) is 17.5. The summed E-state index contributed by atoms with van der Waals surface area (Å²) in [4.78, 5) is 28.8. The Kier molecular flexibility index (Phi) is 7.79. The standard InChI is InChI=1S/C26H42N8O2/c1-17(2)15-36-26(35)33-13-11-20(12-14-33)29-23-22-24(34(16-28-22)21-5-3-4-6-21)32-25(31-23)30-19-9-7-18(27)8-10-19/h16-21H,3-15,27H2,1-2H3,(H2,29,30,31,32)/t18-,19-. The van der Waals surface area contributed by atoms with Crippen LogP contribution in [0.4, 0.5) is 16.6 Å². The summed E-state index contributed by atoms with van der Waals surface area (Å²) >= 11 is 0. The molecule has 0 atom stereocenters. The number of rotatable bonds is 7. The molecule has 2 aromatic rings. The van der Waals surface area contributed by atoms with E-state index in [2.05, 4.69) is 15.2 Å². The van der Waals surface area contributed by atoms with E-state index in [9.17, 15) is 4.79 Å². The van der Waals surface area contributed by atoms with Gasteiger partial charge in [-0.25, -0.2) is 9.78 Å². The number of ether oxygens (including phenoxy) is 1. The Morgan fingerprint density at radius 2 is 1.72 bits per heavy atom. The third kappa shape index (κ3) is 5.85. The monoisotopic (exact) mass is 498 g/mol. The molecule has 3 heterocycles. The first-order valence-electron chi connectivity index (χ1n) is 13.9. The quantitative estimate of drug-likeness (QED) is 0.516. The fraction of sp³-hybridized carbons (Fsp3) is 0.769. The Morgan fingerprint density at radius 3 is 2.42 bits per heavy atom. The molecule has 10 nitrogen and oxygen atoms in total. The highest BCUT2D eigenvalue weighted by molar-refractivity contribution is 5.84. The van der Waals surface area contributed by atoms with Crippen molar-refractivity contribution in [1.29, 1.82) is 0 Å². The summed E-state index contributed by atoms with van der Waals surface area (Å²) in [7, 11) is 0. The van der Waals surface area contributed by atoms with Crippen molar-refractivity contribution in [3.63, 3.8) is 0 Å². The minimum Gasteiger partial charge on any atom is -0.449 e. The van der Waals surface area contributed by atoms with Crippen molar-refractivity contribution >= 4 is 29.0 Å². The van der Waals surface area contributed by atoms with Gasteiger partial charge in [0.25, 0.3) is 0 Å². The van der Waals surface area contributed by atoms with Crippen molar-refractivity contribution in [2.24, 2.45) is 11.7 Å². The van der Waals surface area contributed by atoms with E-state index in [4.69, 9.17) is 25.4 Å². The number of piperidine rings is 1. The predicted octanol–water partition coefficient (Wildman–Crippen LogP) is 4.29. The highest BCUT2D eigenvalue weighted by Crippen LogP contribution is 2.34. The molecule has 2 aromatic heterocycles. The molecule has 2 saturated carbocycles. The summed E-state index contributed by atoms with van der Waals surface area (Å²) in [5.41, 5.74) is 7.85. The molecular formula is C26H42N8O2. The molecule has 5 rings (SSSR count). The van der Waals surface area contributed by atoms with Crippen LogP contribution in [-0.2, 0) is 4.74 Å². The number of carbonyl (C=O) groups is 1. The number of hydrogen-bond acceptors (Lipinski definition) is 8. The number of nitrogens with two attached hydrogens (primary N) is 1. The third-order valence-corrected chi connectivity index (χ3v) is 7.88. The lowest BCUT2D eigenvalue weighted by Gasteiger charge is -2.32. The second-order valence-electron chi connectivity index (χ2n) is 11.3. The van der Waals surface area contributed by atoms with Gasteiger partial charge in [-0.2, -0.15) is 9.97 Å². The molecule has 1 saturated heterocycles. The van der Waals surface area contributed by atoms with E-state index in [-0.39, 0.29) is 12.1 Å². The van der Waals surface area contributed by atoms with Gasteiger partial charge >= 0.3 is 6.09 Å². The van der Waals surface area contributed by atoms with Crippen LogP contribution >= 0.6 is 0 Å². The number of anilines is 2. The number of hydrogen-bond donors (Lipinski definition) is 3. The molecule has 0 aromatic carbocycles. The number of nitrogens with zero attached hydrogens (tertiary/aromatic N) is 5. The van der Waals surface area contributed by atoms with Crippen molar-refractivity contribution in [3.05, 3.63) is 6.33 Å². The summed E-state index contributed by atoms with van der Waals surface area (Å²) in [6.45, 7) is 5.90. The highest BCUT2D eigenvalue weighted by Gasteiger charge is 2.27.